The number of ketones is 1. The maximum atomic E-state index is 13.0. The molecule has 0 saturated carbocycles. The van der Waals surface area contributed by atoms with E-state index < -0.39 is 17.9 Å². The summed E-state index contributed by atoms with van der Waals surface area (Å²) in [5.74, 6) is -1.90. The first kappa shape index (κ1) is 20.6. The number of aromatic hydroxyl groups is 1. The lowest BCUT2D eigenvalue weighted by Gasteiger charge is -2.26. The van der Waals surface area contributed by atoms with Crippen molar-refractivity contribution in [2.24, 2.45) is 0 Å². The quantitative estimate of drug-likeness (QED) is 0.368. The Morgan fingerprint density at radius 1 is 1.00 bits per heavy atom. The molecule has 7 heteroatoms. The molecule has 0 bridgehead atoms. The van der Waals surface area contributed by atoms with Crippen LogP contribution in [0.5, 0.6) is 11.5 Å². The predicted molar refractivity (Wildman–Crippen MR) is 113 cm³/mol. The summed E-state index contributed by atoms with van der Waals surface area (Å²) in [6, 6.07) is 15.8. The molecule has 0 radical (unpaired) electrons. The first-order valence-corrected chi connectivity index (χ1v) is 9.82. The number of esters is 2. The highest BCUT2D eigenvalue weighted by atomic mass is 35.5. The van der Waals surface area contributed by atoms with Crippen molar-refractivity contribution in [1.82, 2.24) is 0 Å². The van der Waals surface area contributed by atoms with Crippen molar-refractivity contribution < 1.29 is 29.0 Å². The maximum absolute atomic E-state index is 13.0. The van der Waals surface area contributed by atoms with Crippen molar-refractivity contribution >= 4 is 29.3 Å². The molecule has 3 aromatic carbocycles. The molecule has 1 atom stereocenters. The van der Waals surface area contributed by atoms with Crippen LogP contribution in [0.15, 0.2) is 60.7 Å². The Labute approximate surface area is 183 Å². The third kappa shape index (κ3) is 3.90. The lowest BCUT2D eigenvalue weighted by molar-refractivity contribution is -0.135. The topological polar surface area (TPSA) is 89.9 Å². The highest BCUT2D eigenvalue weighted by Gasteiger charge is 2.33. The van der Waals surface area contributed by atoms with Gasteiger partial charge < -0.3 is 14.6 Å². The summed E-state index contributed by atoms with van der Waals surface area (Å²) in [6.45, 7) is 0. The Hall–Kier alpha value is -3.64. The lowest BCUT2D eigenvalue weighted by Crippen LogP contribution is -2.22. The Balaban J connectivity index is 1.77. The van der Waals surface area contributed by atoms with Crippen LogP contribution in [0.2, 0.25) is 5.02 Å². The van der Waals surface area contributed by atoms with Crippen molar-refractivity contribution in [3.63, 3.8) is 0 Å². The summed E-state index contributed by atoms with van der Waals surface area (Å²) in [5, 5.41) is 11.5. The smallest absolute Gasteiger partial charge is 0.337 e. The van der Waals surface area contributed by atoms with Crippen LogP contribution in [0.3, 0.4) is 0 Å². The van der Waals surface area contributed by atoms with Gasteiger partial charge in [-0.1, -0.05) is 23.7 Å². The molecular formula is C24H17ClO6. The number of phenols is 1. The monoisotopic (exact) mass is 436 g/mol. The predicted octanol–water partition coefficient (Wildman–Crippen LogP) is 4.50. The third-order valence-corrected chi connectivity index (χ3v) is 5.46. The molecular weight excluding hydrogens is 420 g/mol. The lowest BCUT2D eigenvalue weighted by atomic mass is 9.83. The Bertz CT molecular complexity index is 1180. The van der Waals surface area contributed by atoms with Crippen molar-refractivity contribution in [3.8, 4) is 11.5 Å². The van der Waals surface area contributed by atoms with E-state index in [2.05, 4.69) is 0 Å². The number of fused-ring (bicyclic) bond motifs is 1. The van der Waals surface area contributed by atoms with Gasteiger partial charge in [0.25, 0.3) is 0 Å². The fourth-order valence-electron chi connectivity index (χ4n) is 3.64. The van der Waals surface area contributed by atoms with Crippen LogP contribution >= 0.6 is 11.6 Å². The first-order chi connectivity index (χ1) is 14.9. The van der Waals surface area contributed by atoms with Crippen LogP contribution in [-0.4, -0.2) is 29.9 Å². The van der Waals surface area contributed by atoms with Gasteiger partial charge in [0.1, 0.15) is 11.5 Å². The van der Waals surface area contributed by atoms with Crippen LogP contribution < -0.4 is 4.74 Å². The number of phenolic OH excluding ortho intramolecular Hbond substituents is 1. The summed E-state index contributed by atoms with van der Waals surface area (Å²) in [6.07, 6.45) is -0.0171. The highest BCUT2D eigenvalue weighted by Crippen LogP contribution is 2.45. The number of carbonyl (C=O) groups is 3. The number of methoxy groups -OCH3 is 1. The summed E-state index contributed by atoms with van der Waals surface area (Å²) < 4.78 is 10.0. The van der Waals surface area contributed by atoms with Gasteiger partial charge in [-0.05, 0) is 54.1 Å². The van der Waals surface area contributed by atoms with E-state index in [0.717, 1.165) is 0 Å². The van der Waals surface area contributed by atoms with Crippen molar-refractivity contribution in [3.05, 3.63) is 93.5 Å². The SMILES string of the molecule is COC(=O)c1ccc([C@@H]2CC(=O)Oc3ccc(C(=O)c4ccc(Cl)cc4)c(O)c32)cc1. The number of hydrogen-bond acceptors (Lipinski definition) is 6. The van der Waals surface area contributed by atoms with Gasteiger partial charge in [0, 0.05) is 22.1 Å². The Morgan fingerprint density at radius 3 is 2.29 bits per heavy atom. The second-order valence-corrected chi connectivity index (χ2v) is 7.49. The van der Waals surface area contributed by atoms with Crippen LogP contribution in [-0.2, 0) is 9.53 Å². The molecule has 1 aliphatic heterocycles. The number of carbonyl (C=O) groups excluding carboxylic acids is 3. The van der Waals surface area contributed by atoms with Gasteiger partial charge in [-0.2, -0.15) is 0 Å². The molecule has 1 aliphatic rings. The molecule has 4 rings (SSSR count). The van der Waals surface area contributed by atoms with Gasteiger partial charge in [0.2, 0.25) is 0 Å². The molecule has 1 N–H and O–H groups in total. The van der Waals surface area contributed by atoms with E-state index >= 15 is 0 Å². The van der Waals surface area contributed by atoms with E-state index in [1.54, 1.807) is 48.5 Å². The van der Waals surface area contributed by atoms with Crippen LogP contribution in [0.4, 0.5) is 0 Å². The van der Waals surface area contributed by atoms with Gasteiger partial charge >= 0.3 is 11.9 Å². The van der Waals surface area contributed by atoms with Gasteiger partial charge in [-0.25, -0.2) is 4.79 Å². The average molecular weight is 437 g/mol. The number of halogens is 1. The van der Waals surface area contributed by atoms with Gasteiger partial charge in [-0.15, -0.1) is 0 Å². The van der Waals surface area contributed by atoms with E-state index in [0.29, 0.717) is 27.3 Å². The summed E-state index contributed by atoms with van der Waals surface area (Å²) in [5.41, 5.74) is 1.87. The van der Waals surface area contributed by atoms with E-state index in [4.69, 9.17) is 21.1 Å². The van der Waals surface area contributed by atoms with Gasteiger partial charge in [0.05, 0.1) is 24.7 Å². The maximum Gasteiger partial charge on any atom is 0.337 e. The van der Waals surface area contributed by atoms with Gasteiger partial charge in [-0.3, -0.25) is 9.59 Å². The second kappa shape index (κ2) is 8.24. The molecule has 0 fully saturated rings. The second-order valence-electron chi connectivity index (χ2n) is 7.05. The molecule has 156 valence electrons. The van der Waals surface area contributed by atoms with E-state index in [1.165, 1.54) is 19.2 Å². The van der Waals surface area contributed by atoms with E-state index in [-0.39, 0.29) is 29.3 Å². The molecule has 0 spiro atoms. The zero-order valence-corrected chi connectivity index (χ0v) is 17.2. The van der Waals surface area contributed by atoms with Gasteiger partial charge in [0.15, 0.2) is 5.78 Å². The summed E-state index contributed by atoms with van der Waals surface area (Å²) in [7, 11) is 1.29. The largest absolute Gasteiger partial charge is 0.507 e. The molecule has 0 aromatic heterocycles. The first-order valence-electron chi connectivity index (χ1n) is 9.44. The standard InChI is InChI=1S/C24H17ClO6/c1-30-24(29)15-4-2-13(3-5-15)18-12-20(26)31-19-11-10-17(23(28)21(18)19)22(27)14-6-8-16(25)9-7-14/h2-11,18,28H,12H2,1H3/t18-/m0/s1. The molecule has 6 nitrogen and oxygen atoms in total. The zero-order chi connectivity index (χ0) is 22.1. The van der Waals surface area contributed by atoms with Crippen molar-refractivity contribution in [2.45, 2.75) is 12.3 Å². The molecule has 0 saturated heterocycles. The zero-order valence-electron chi connectivity index (χ0n) is 16.4. The fraction of sp³-hybridized carbons (Fsp3) is 0.125. The summed E-state index contributed by atoms with van der Waals surface area (Å²) in [4.78, 5) is 36.8. The van der Waals surface area contributed by atoms with Crippen molar-refractivity contribution in [2.75, 3.05) is 7.11 Å². The molecule has 1 heterocycles. The average Bonchev–Trinajstić information content (AvgIpc) is 2.78. The molecule has 0 unspecified atom stereocenters. The molecule has 0 aliphatic carbocycles. The van der Waals surface area contributed by atoms with E-state index in [9.17, 15) is 19.5 Å². The van der Waals surface area contributed by atoms with E-state index in [1.807, 2.05) is 0 Å². The Kier molecular flexibility index (Phi) is 5.48. The number of ether oxygens (including phenoxy) is 2. The van der Waals surface area contributed by atoms with Crippen LogP contribution in [0.1, 0.15) is 49.7 Å². The minimum Gasteiger partial charge on any atom is -0.507 e. The number of hydrogen-bond donors (Lipinski definition) is 1. The highest BCUT2D eigenvalue weighted by molar-refractivity contribution is 6.30. The minimum atomic E-state index is -0.541. The molecule has 0 amide bonds. The Morgan fingerprint density at radius 2 is 1.65 bits per heavy atom. The normalized spacial score (nSPS) is 15.0. The van der Waals surface area contributed by atoms with Crippen LogP contribution in [0, 0.1) is 0 Å². The van der Waals surface area contributed by atoms with Crippen LogP contribution in [0.25, 0.3) is 0 Å². The fourth-order valence-corrected chi connectivity index (χ4v) is 3.77. The minimum absolute atomic E-state index is 0.0171. The number of rotatable bonds is 4. The molecule has 31 heavy (non-hydrogen) atoms. The third-order valence-electron chi connectivity index (χ3n) is 5.21. The summed E-state index contributed by atoms with van der Waals surface area (Å²) >= 11 is 5.89. The van der Waals surface area contributed by atoms with Crippen molar-refractivity contribution in [1.29, 1.82) is 0 Å². The molecule has 3 aromatic rings. The number of benzene rings is 3.